The van der Waals surface area contributed by atoms with Crippen LogP contribution in [0.3, 0.4) is 0 Å². The van der Waals surface area contributed by atoms with Crippen LogP contribution in [0.15, 0.2) is 0 Å². The lowest BCUT2D eigenvalue weighted by Crippen LogP contribution is -1.75. The average Bonchev–Trinajstić information content (AvgIpc) is 1.91. The van der Waals surface area contributed by atoms with Crippen molar-refractivity contribution in [3.05, 3.63) is 0 Å². The summed E-state index contributed by atoms with van der Waals surface area (Å²) in [6.45, 7) is 4.65. The molecule has 0 aromatic heterocycles. The van der Waals surface area contributed by atoms with Crippen LogP contribution in [0.1, 0.15) is 33.1 Å². The molecular formula is C7H23NO3. The third-order valence-electron chi connectivity index (χ3n) is 0.735. The van der Waals surface area contributed by atoms with Gasteiger partial charge in [0, 0.05) is 13.2 Å². The third-order valence-corrected chi connectivity index (χ3v) is 0.735. The first-order chi connectivity index (χ1) is 4.33. The maximum Gasteiger partial charge on any atom is 0.0430 e. The standard InChI is InChI=1S/C4H10O.C3H8O.H3N.H2O/c1-2-3-4-5;1-2-3-4;;/h5H,2-4H2,1H3;4H,2-3H2,1H3;1H3;1H2. The number of hydrogen-bond acceptors (Lipinski definition) is 3. The Morgan fingerprint density at radius 3 is 1.27 bits per heavy atom. The monoisotopic (exact) mass is 169 g/mol. The molecule has 0 unspecified atom stereocenters. The molecule has 0 amide bonds. The van der Waals surface area contributed by atoms with Crippen molar-refractivity contribution in [3.8, 4) is 0 Å². The number of unbranched alkanes of at least 4 members (excludes halogenated alkanes) is 1. The van der Waals surface area contributed by atoms with E-state index in [-0.39, 0.29) is 11.6 Å². The molecule has 0 saturated carbocycles. The van der Waals surface area contributed by atoms with Crippen LogP contribution in [0.5, 0.6) is 0 Å². The lowest BCUT2D eigenvalue weighted by atomic mass is 10.4. The van der Waals surface area contributed by atoms with Crippen molar-refractivity contribution in [1.82, 2.24) is 6.15 Å². The van der Waals surface area contributed by atoms with Crippen LogP contribution in [0.2, 0.25) is 0 Å². The van der Waals surface area contributed by atoms with Gasteiger partial charge in [-0.1, -0.05) is 20.3 Å². The second-order valence-corrected chi connectivity index (χ2v) is 1.80. The van der Waals surface area contributed by atoms with E-state index in [1.807, 2.05) is 6.92 Å². The van der Waals surface area contributed by atoms with Gasteiger partial charge in [-0.25, -0.2) is 0 Å². The minimum Gasteiger partial charge on any atom is -0.412 e. The fraction of sp³-hybridized carbons (Fsp3) is 1.00. The average molecular weight is 169 g/mol. The van der Waals surface area contributed by atoms with Crippen LogP contribution in [0.4, 0.5) is 0 Å². The summed E-state index contributed by atoms with van der Waals surface area (Å²) < 4.78 is 0. The van der Waals surface area contributed by atoms with E-state index >= 15 is 0 Å². The Balaban J connectivity index is -0.0000000383. The highest BCUT2D eigenvalue weighted by molar-refractivity contribution is 4.23. The lowest BCUT2D eigenvalue weighted by molar-refractivity contribution is 0.287. The summed E-state index contributed by atoms with van der Waals surface area (Å²) >= 11 is 0. The number of aliphatic hydroxyl groups excluding tert-OH is 2. The van der Waals surface area contributed by atoms with E-state index < -0.39 is 0 Å². The molecule has 0 aromatic carbocycles. The van der Waals surface area contributed by atoms with Gasteiger partial charge in [0.1, 0.15) is 0 Å². The summed E-state index contributed by atoms with van der Waals surface area (Å²) in [7, 11) is 0. The van der Waals surface area contributed by atoms with Crippen LogP contribution >= 0.6 is 0 Å². The van der Waals surface area contributed by atoms with Gasteiger partial charge in [-0.2, -0.15) is 0 Å². The van der Waals surface area contributed by atoms with E-state index in [9.17, 15) is 0 Å². The highest BCUT2D eigenvalue weighted by atomic mass is 16.3. The molecule has 0 spiro atoms. The van der Waals surface area contributed by atoms with Crippen molar-refractivity contribution in [2.24, 2.45) is 0 Å². The summed E-state index contributed by atoms with van der Waals surface area (Å²) in [5, 5.41) is 15.9. The van der Waals surface area contributed by atoms with Gasteiger partial charge < -0.3 is 21.8 Å². The Labute approximate surface area is 69.1 Å². The summed E-state index contributed by atoms with van der Waals surface area (Å²) in [6, 6.07) is 0. The minimum absolute atomic E-state index is 0. The van der Waals surface area contributed by atoms with Crippen LogP contribution in [0.25, 0.3) is 0 Å². The Bertz CT molecular complexity index is 32.9. The molecule has 0 saturated heterocycles. The van der Waals surface area contributed by atoms with Crippen LogP contribution < -0.4 is 6.15 Å². The molecule has 0 aliphatic carbocycles. The van der Waals surface area contributed by atoms with E-state index in [1.165, 1.54) is 0 Å². The fourth-order valence-electron chi connectivity index (χ4n) is 0.158. The Morgan fingerprint density at radius 2 is 1.27 bits per heavy atom. The molecule has 0 atom stereocenters. The molecule has 0 fully saturated rings. The highest BCUT2D eigenvalue weighted by Crippen LogP contribution is 1.78. The van der Waals surface area contributed by atoms with E-state index in [0.29, 0.717) is 13.2 Å². The molecule has 0 rings (SSSR count). The smallest absolute Gasteiger partial charge is 0.0430 e. The normalized spacial score (nSPS) is 6.55. The predicted octanol–water partition coefficient (Wildman–Crippen LogP) is 0.505. The van der Waals surface area contributed by atoms with Crippen molar-refractivity contribution in [2.75, 3.05) is 13.2 Å². The van der Waals surface area contributed by atoms with E-state index in [4.69, 9.17) is 10.2 Å². The van der Waals surface area contributed by atoms with Gasteiger partial charge >= 0.3 is 0 Å². The summed E-state index contributed by atoms with van der Waals surface area (Å²) in [4.78, 5) is 0. The topological polar surface area (TPSA) is 107 Å². The van der Waals surface area contributed by atoms with Crippen molar-refractivity contribution < 1.29 is 15.7 Å². The number of rotatable bonds is 3. The molecule has 0 bridgehead atoms. The summed E-state index contributed by atoms with van der Waals surface area (Å²) in [5.74, 6) is 0. The molecule has 0 aromatic rings. The summed E-state index contributed by atoms with van der Waals surface area (Å²) in [6.07, 6.45) is 2.91. The van der Waals surface area contributed by atoms with Crippen LogP contribution in [-0.2, 0) is 0 Å². The molecule has 4 heteroatoms. The van der Waals surface area contributed by atoms with Gasteiger partial charge in [-0.3, -0.25) is 0 Å². The highest BCUT2D eigenvalue weighted by Gasteiger charge is 1.69. The van der Waals surface area contributed by atoms with Crippen LogP contribution in [-0.4, -0.2) is 28.9 Å². The zero-order valence-corrected chi connectivity index (χ0v) is 7.64. The van der Waals surface area contributed by atoms with Crippen molar-refractivity contribution >= 4 is 0 Å². The van der Waals surface area contributed by atoms with Crippen LogP contribution in [0, 0.1) is 0 Å². The molecule has 11 heavy (non-hydrogen) atoms. The zero-order valence-electron chi connectivity index (χ0n) is 7.64. The lowest BCUT2D eigenvalue weighted by Gasteiger charge is -1.79. The number of aliphatic hydroxyl groups is 2. The van der Waals surface area contributed by atoms with Crippen molar-refractivity contribution in [2.45, 2.75) is 33.1 Å². The molecule has 0 aliphatic rings. The molecule has 0 heterocycles. The first-order valence-corrected chi connectivity index (χ1v) is 3.55. The quantitative estimate of drug-likeness (QED) is 0.572. The first kappa shape index (κ1) is 22.4. The Morgan fingerprint density at radius 1 is 0.909 bits per heavy atom. The molecule has 0 radical (unpaired) electrons. The fourth-order valence-corrected chi connectivity index (χ4v) is 0.158. The molecular weight excluding hydrogens is 146 g/mol. The Kier molecular flexibility index (Phi) is 66.9. The maximum atomic E-state index is 8.07. The second kappa shape index (κ2) is 32.8. The molecule has 7 N–H and O–H groups in total. The molecule has 74 valence electrons. The molecule has 0 aliphatic heterocycles. The maximum absolute atomic E-state index is 8.07. The van der Waals surface area contributed by atoms with Crippen molar-refractivity contribution in [3.63, 3.8) is 0 Å². The van der Waals surface area contributed by atoms with E-state index in [1.54, 1.807) is 0 Å². The minimum atomic E-state index is 0. The van der Waals surface area contributed by atoms with Gasteiger partial charge in [0.25, 0.3) is 0 Å². The summed E-state index contributed by atoms with van der Waals surface area (Å²) in [5.41, 5.74) is 0. The van der Waals surface area contributed by atoms with E-state index in [2.05, 4.69) is 6.92 Å². The van der Waals surface area contributed by atoms with E-state index in [0.717, 1.165) is 19.3 Å². The predicted molar refractivity (Wildman–Crippen MR) is 48.0 cm³/mol. The number of hydrogen-bond donors (Lipinski definition) is 3. The van der Waals surface area contributed by atoms with Gasteiger partial charge in [0.05, 0.1) is 0 Å². The molecule has 4 nitrogen and oxygen atoms in total. The van der Waals surface area contributed by atoms with Gasteiger partial charge in [-0.05, 0) is 12.8 Å². The Hall–Kier alpha value is -0.160. The van der Waals surface area contributed by atoms with Gasteiger partial charge in [-0.15, -0.1) is 0 Å². The van der Waals surface area contributed by atoms with Gasteiger partial charge in [0.2, 0.25) is 0 Å². The second-order valence-electron chi connectivity index (χ2n) is 1.80. The largest absolute Gasteiger partial charge is 0.412 e. The first-order valence-electron chi connectivity index (χ1n) is 3.55. The van der Waals surface area contributed by atoms with Crippen molar-refractivity contribution in [1.29, 1.82) is 0 Å². The van der Waals surface area contributed by atoms with Gasteiger partial charge in [0.15, 0.2) is 0 Å². The SMILES string of the molecule is CCCCO.CCCO.N.O. The zero-order chi connectivity index (χ0) is 7.54. The third kappa shape index (κ3) is 75.0.